The van der Waals surface area contributed by atoms with Crippen molar-refractivity contribution >= 4 is 28.9 Å². The molecule has 8 heteroatoms. The van der Waals surface area contributed by atoms with Crippen LogP contribution in [0.4, 0.5) is 11.4 Å². The SMILES string of the molecule is CC(NCC1(c2ccc(Cl)cc2)CCOCC1)C(=O)Nc1ccccc1[N+](=O)[O-]. The van der Waals surface area contributed by atoms with Gasteiger partial charge in [-0.05, 0) is 43.5 Å². The molecule has 3 rings (SSSR count). The van der Waals surface area contributed by atoms with Crippen molar-refractivity contribution in [3.63, 3.8) is 0 Å². The van der Waals surface area contributed by atoms with Crippen LogP contribution in [0.15, 0.2) is 48.5 Å². The molecule has 1 atom stereocenters. The van der Waals surface area contributed by atoms with E-state index in [0.29, 0.717) is 24.8 Å². The number of nitro groups is 1. The number of halogens is 1. The van der Waals surface area contributed by atoms with Gasteiger partial charge in [-0.1, -0.05) is 35.9 Å². The molecule has 1 aliphatic heterocycles. The molecule has 7 nitrogen and oxygen atoms in total. The minimum Gasteiger partial charge on any atom is -0.381 e. The summed E-state index contributed by atoms with van der Waals surface area (Å²) >= 11 is 6.04. The normalized spacial score (nSPS) is 16.8. The Morgan fingerprint density at radius 3 is 2.52 bits per heavy atom. The summed E-state index contributed by atoms with van der Waals surface area (Å²) < 4.78 is 5.54. The molecule has 29 heavy (non-hydrogen) atoms. The van der Waals surface area contributed by atoms with Crippen LogP contribution < -0.4 is 10.6 Å². The Balaban J connectivity index is 1.69. The summed E-state index contributed by atoms with van der Waals surface area (Å²) in [5.74, 6) is -0.322. The molecule has 2 aromatic rings. The van der Waals surface area contributed by atoms with Gasteiger partial charge in [0.25, 0.3) is 5.69 Å². The highest BCUT2D eigenvalue weighted by Crippen LogP contribution is 2.35. The van der Waals surface area contributed by atoms with E-state index in [9.17, 15) is 14.9 Å². The van der Waals surface area contributed by atoms with E-state index in [1.54, 1.807) is 19.1 Å². The van der Waals surface area contributed by atoms with Gasteiger partial charge in [0.2, 0.25) is 5.91 Å². The van der Waals surface area contributed by atoms with Crippen LogP contribution >= 0.6 is 11.6 Å². The highest BCUT2D eigenvalue weighted by molar-refractivity contribution is 6.30. The number of nitrogens with zero attached hydrogens (tertiary/aromatic N) is 1. The van der Waals surface area contributed by atoms with Crippen molar-refractivity contribution in [2.45, 2.75) is 31.2 Å². The molecule has 1 saturated heterocycles. The number of hydrogen-bond donors (Lipinski definition) is 2. The summed E-state index contributed by atoms with van der Waals surface area (Å²) in [5, 5.41) is 17.8. The maximum Gasteiger partial charge on any atom is 0.292 e. The zero-order chi connectivity index (χ0) is 20.9. The molecular formula is C21H24ClN3O4. The second-order valence-corrected chi connectivity index (χ2v) is 7.70. The first kappa shape index (κ1) is 21.2. The standard InChI is InChI=1S/C21H24ClN3O4/c1-15(20(26)24-18-4-2-3-5-19(18)25(27)28)23-14-21(10-12-29-13-11-21)16-6-8-17(22)9-7-16/h2-9,15,23H,10-14H2,1H3,(H,24,26). The third kappa shape index (κ3) is 5.12. The number of carbonyl (C=O) groups is 1. The van der Waals surface area contributed by atoms with Crippen LogP contribution in [0.25, 0.3) is 0 Å². The highest BCUT2D eigenvalue weighted by Gasteiger charge is 2.35. The average Bonchev–Trinajstić information content (AvgIpc) is 2.73. The lowest BCUT2D eigenvalue weighted by atomic mass is 9.74. The van der Waals surface area contributed by atoms with E-state index >= 15 is 0 Å². The number of carbonyl (C=O) groups excluding carboxylic acids is 1. The summed E-state index contributed by atoms with van der Waals surface area (Å²) in [5.41, 5.74) is 1.06. The number of ether oxygens (including phenoxy) is 1. The first-order valence-electron chi connectivity index (χ1n) is 9.53. The van der Waals surface area contributed by atoms with Crippen molar-refractivity contribution in [1.82, 2.24) is 5.32 Å². The van der Waals surface area contributed by atoms with Crippen LogP contribution in [0.2, 0.25) is 5.02 Å². The third-order valence-electron chi connectivity index (χ3n) is 5.41. The fraction of sp³-hybridized carbons (Fsp3) is 0.381. The summed E-state index contributed by atoms with van der Waals surface area (Å²) in [6, 6.07) is 13.4. The average molecular weight is 418 g/mol. The molecule has 1 amide bonds. The van der Waals surface area contributed by atoms with E-state index in [0.717, 1.165) is 18.4 Å². The molecule has 2 aromatic carbocycles. The van der Waals surface area contributed by atoms with Gasteiger partial charge in [-0.3, -0.25) is 14.9 Å². The fourth-order valence-corrected chi connectivity index (χ4v) is 3.68. The maximum atomic E-state index is 12.6. The van der Waals surface area contributed by atoms with E-state index < -0.39 is 11.0 Å². The molecule has 0 saturated carbocycles. The van der Waals surface area contributed by atoms with Gasteiger partial charge >= 0.3 is 0 Å². The molecule has 0 aromatic heterocycles. The summed E-state index contributed by atoms with van der Waals surface area (Å²) in [4.78, 5) is 23.2. The first-order valence-corrected chi connectivity index (χ1v) is 9.90. The molecule has 0 bridgehead atoms. The number of rotatable bonds is 7. The third-order valence-corrected chi connectivity index (χ3v) is 5.66. The molecule has 0 aliphatic carbocycles. The Bertz CT molecular complexity index is 866. The van der Waals surface area contributed by atoms with E-state index in [1.807, 2.05) is 24.3 Å². The molecule has 1 aliphatic rings. The molecular weight excluding hydrogens is 394 g/mol. The fourth-order valence-electron chi connectivity index (χ4n) is 3.55. The van der Waals surface area contributed by atoms with Crippen LogP contribution in [0, 0.1) is 10.1 Å². The van der Waals surface area contributed by atoms with Crippen LogP contribution in [0.3, 0.4) is 0 Å². The molecule has 2 N–H and O–H groups in total. The van der Waals surface area contributed by atoms with Crippen molar-refractivity contribution in [3.8, 4) is 0 Å². The topological polar surface area (TPSA) is 93.5 Å². The summed E-state index contributed by atoms with van der Waals surface area (Å²) in [6.45, 7) is 3.64. The number of nitro benzene ring substituents is 1. The zero-order valence-electron chi connectivity index (χ0n) is 16.2. The lowest BCUT2D eigenvalue weighted by Crippen LogP contribution is -2.48. The maximum absolute atomic E-state index is 12.6. The number of nitrogens with one attached hydrogen (secondary N) is 2. The van der Waals surface area contributed by atoms with Crippen molar-refractivity contribution in [3.05, 3.63) is 69.2 Å². The van der Waals surface area contributed by atoms with Crippen molar-refractivity contribution in [2.75, 3.05) is 25.1 Å². The molecule has 1 unspecified atom stereocenters. The highest BCUT2D eigenvalue weighted by atomic mass is 35.5. The number of amides is 1. The van der Waals surface area contributed by atoms with E-state index in [1.165, 1.54) is 12.1 Å². The largest absolute Gasteiger partial charge is 0.381 e. The van der Waals surface area contributed by atoms with Crippen molar-refractivity contribution in [1.29, 1.82) is 0 Å². The molecule has 154 valence electrons. The minimum atomic E-state index is -0.526. The van der Waals surface area contributed by atoms with E-state index in [2.05, 4.69) is 10.6 Å². The quantitative estimate of drug-likeness (QED) is 0.526. The smallest absolute Gasteiger partial charge is 0.292 e. The Morgan fingerprint density at radius 1 is 1.21 bits per heavy atom. The predicted molar refractivity (Wildman–Crippen MR) is 112 cm³/mol. The van der Waals surface area contributed by atoms with Crippen LogP contribution in [0.5, 0.6) is 0 Å². The van der Waals surface area contributed by atoms with Gasteiger partial charge in [-0.15, -0.1) is 0 Å². The van der Waals surface area contributed by atoms with E-state index in [-0.39, 0.29) is 22.7 Å². The zero-order valence-corrected chi connectivity index (χ0v) is 16.9. The number of benzene rings is 2. The summed E-state index contributed by atoms with van der Waals surface area (Å²) in [6.07, 6.45) is 1.67. The van der Waals surface area contributed by atoms with Crippen LogP contribution in [-0.2, 0) is 14.9 Å². The van der Waals surface area contributed by atoms with Gasteiger partial charge < -0.3 is 15.4 Å². The minimum absolute atomic E-state index is 0.130. The van der Waals surface area contributed by atoms with Crippen LogP contribution in [0.1, 0.15) is 25.3 Å². The predicted octanol–water partition coefficient (Wildman–Crippen LogP) is 3.91. The van der Waals surface area contributed by atoms with Crippen molar-refractivity contribution < 1.29 is 14.5 Å². The first-order chi connectivity index (χ1) is 13.9. The lowest BCUT2D eigenvalue weighted by molar-refractivity contribution is -0.383. The van der Waals surface area contributed by atoms with Gasteiger partial charge in [-0.2, -0.15) is 0 Å². The lowest BCUT2D eigenvalue weighted by Gasteiger charge is -2.38. The van der Waals surface area contributed by atoms with Crippen LogP contribution in [-0.4, -0.2) is 36.6 Å². The van der Waals surface area contributed by atoms with E-state index in [4.69, 9.17) is 16.3 Å². The second kappa shape index (κ2) is 9.35. The Hall–Kier alpha value is -2.48. The Labute approximate surface area is 174 Å². The Morgan fingerprint density at radius 2 is 1.86 bits per heavy atom. The monoisotopic (exact) mass is 417 g/mol. The van der Waals surface area contributed by atoms with Gasteiger partial charge in [0.05, 0.1) is 11.0 Å². The number of hydrogen-bond acceptors (Lipinski definition) is 5. The van der Waals surface area contributed by atoms with Gasteiger partial charge in [0.15, 0.2) is 0 Å². The van der Waals surface area contributed by atoms with Crippen molar-refractivity contribution in [2.24, 2.45) is 0 Å². The molecule has 1 fully saturated rings. The molecule has 1 heterocycles. The second-order valence-electron chi connectivity index (χ2n) is 7.27. The summed E-state index contributed by atoms with van der Waals surface area (Å²) in [7, 11) is 0. The van der Waals surface area contributed by atoms with Gasteiger partial charge in [0, 0.05) is 36.3 Å². The van der Waals surface area contributed by atoms with Gasteiger partial charge in [0.1, 0.15) is 5.69 Å². The van der Waals surface area contributed by atoms with Gasteiger partial charge in [-0.25, -0.2) is 0 Å². The molecule has 0 spiro atoms. The molecule has 0 radical (unpaired) electrons. The number of anilines is 1. The Kier molecular flexibility index (Phi) is 6.84. The number of para-hydroxylation sites is 2.